The molecule has 0 unspecified atom stereocenters. The van der Waals surface area contributed by atoms with Gasteiger partial charge in [0.25, 0.3) is 0 Å². The third kappa shape index (κ3) is 2.85. The lowest BCUT2D eigenvalue weighted by Gasteiger charge is -2.09. The molecule has 1 aromatic carbocycles. The Morgan fingerprint density at radius 2 is 1.89 bits per heavy atom. The van der Waals surface area contributed by atoms with Gasteiger partial charge >= 0.3 is 0 Å². The summed E-state index contributed by atoms with van der Waals surface area (Å²) in [7, 11) is 0. The summed E-state index contributed by atoms with van der Waals surface area (Å²) in [5, 5.41) is 3.06. The summed E-state index contributed by atoms with van der Waals surface area (Å²) >= 11 is 0. The lowest BCUT2D eigenvalue weighted by Crippen LogP contribution is -2.08. The maximum atomic E-state index is 5.70. The fraction of sp³-hybridized carbons (Fsp3) is 0.250. The van der Waals surface area contributed by atoms with E-state index in [9.17, 15) is 0 Å². The van der Waals surface area contributed by atoms with E-state index in [1.807, 2.05) is 32.0 Å². The second kappa shape index (κ2) is 4.87. The van der Waals surface area contributed by atoms with E-state index >= 15 is 0 Å². The van der Waals surface area contributed by atoms with E-state index in [2.05, 4.69) is 20.3 Å². The third-order valence-corrected chi connectivity index (χ3v) is 2.33. The molecule has 0 atom stereocenters. The van der Waals surface area contributed by atoms with Gasteiger partial charge in [-0.1, -0.05) is 19.9 Å². The highest BCUT2D eigenvalue weighted by Crippen LogP contribution is 2.18. The van der Waals surface area contributed by atoms with Crippen LogP contribution in [0.25, 0.3) is 0 Å². The smallest absolute Gasteiger partial charge is 0.232 e. The topological polar surface area (TPSA) is 103 Å². The number of hydrogen-bond acceptors (Lipinski definition) is 6. The molecule has 0 radical (unpaired) electrons. The summed E-state index contributed by atoms with van der Waals surface area (Å²) in [5.41, 5.74) is 12.8. The summed E-state index contributed by atoms with van der Waals surface area (Å²) in [6, 6.07) is 7.35. The molecule has 0 fully saturated rings. The molecule has 0 bridgehead atoms. The van der Waals surface area contributed by atoms with E-state index in [0.29, 0.717) is 17.5 Å². The molecular weight excluding hydrogens is 228 g/mol. The minimum absolute atomic E-state index is 0.191. The zero-order valence-corrected chi connectivity index (χ0v) is 10.4. The van der Waals surface area contributed by atoms with E-state index in [1.54, 1.807) is 6.07 Å². The number of benzene rings is 1. The summed E-state index contributed by atoms with van der Waals surface area (Å²) in [6.45, 7) is 4.00. The van der Waals surface area contributed by atoms with Crippen LogP contribution in [0, 0.1) is 0 Å². The molecular formula is C12H16N6. The van der Waals surface area contributed by atoms with Gasteiger partial charge in [-0.05, 0) is 18.2 Å². The van der Waals surface area contributed by atoms with Crippen LogP contribution in [-0.2, 0) is 0 Å². The Bertz CT molecular complexity index is 552. The largest absolute Gasteiger partial charge is 0.399 e. The lowest BCUT2D eigenvalue weighted by atomic mass is 10.2. The number of aromatic nitrogens is 3. The molecule has 18 heavy (non-hydrogen) atoms. The van der Waals surface area contributed by atoms with Crippen molar-refractivity contribution in [3.8, 4) is 0 Å². The first-order valence-electron chi connectivity index (χ1n) is 5.68. The highest BCUT2D eigenvalue weighted by atomic mass is 15.2. The third-order valence-electron chi connectivity index (χ3n) is 2.33. The Balaban J connectivity index is 2.29. The Hall–Kier alpha value is -2.37. The van der Waals surface area contributed by atoms with Crippen LogP contribution in [0.4, 0.5) is 23.3 Å². The van der Waals surface area contributed by atoms with Gasteiger partial charge in [-0.25, -0.2) is 0 Å². The van der Waals surface area contributed by atoms with Crippen molar-refractivity contribution in [1.29, 1.82) is 0 Å². The molecule has 1 aromatic heterocycles. The number of nitrogens with zero attached hydrogens (tertiary/aromatic N) is 3. The molecule has 0 aliphatic rings. The molecule has 2 aromatic rings. The number of hydrogen-bond donors (Lipinski definition) is 3. The molecule has 5 N–H and O–H groups in total. The molecule has 0 saturated heterocycles. The van der Waals surface area contributed by atoms with Crippen molar-refractivity contribution in [1.82, 2.24) is 15.0 Å². The van der Waals surface area contributed by atoms with Crippen LogP contribution in [0.1, 0.15) is 25.6 Å². The van der Waals surface area contributed by atoms with Crippen LogP contribution >= 0.6 is 0 Å². The molecule has 0 amide bonds. The van der Waals surface area contributed by atoms with Crippen molar-refractivity contribution in [2.75, 3.05) is 16.8 Å². The molecule has 1 heterocycles. The molecule has 0 saturated carbocycles. The monoisotopic (exact) mass is 244 g/mol. The molecule has 2 rings (SSSR count). The average Bonchev–Trinajstić information content (AvgIpc) is 2.28. The Morgan fingerprint density at radius 1 is 1.11 bits per heavy atom. The Kier molecular flexibility index (Phi) is 3.27. The number of nitrogens with two attached hydrogens (primary N) is 2. The summed E-state index contributed by atoms with van der Waals surface area (Å²) < 4.78 is 0. The van der Waals surface area contributed by atoms with Crippen molar-refractivity contribution in [3.63, 3.8) is 0 Å². The zero-order chi connectivity index (χ0) is 13.1. The molecule has 0 spiro atoms. The van der Waals surface area contributed by atoms with Crippen molar-refractivity contribution in [3.05, 3.63) is 30.1 Å². The maximum Gasteiger partial charge on any atom is 0.232 e. The van der Waals surface area contributed by atoms with Crippen molar-refractivity contribution < 1.29 is 0 Å². The fourth-order valence-electron chi connectivity index (χ4n) is 1.47. The number of nitrogen functional groups attached to an aromatic ring is 2. The van der Waals surface area contributed by atoms with Crippen LogP contribution in [-0.4, -0.2) is 15.0 Å². The quantitative estimate of drug-likeness (QED) is 0.712. The minimum atomic E-state index is 0.191. The van der Waals surface area contributed by atoms with Gasteiger partial charge in [0, 0.05) is 17.3 Å². The van der Waals surface area contributed by atoms with Gasteiger partial charge in [-0.15, -0.1) is 0 Å². The van der Waals surface area contributed by atoms with E-state index in [0.717, 1.165) is 5.69 Å². The van der Waals surface area contributed by atoms with Crippen LogP contribution in [0.15, 0.2) is 24.3 Å². The predicted octanol–water partition coefficient (Wildman–Crippen LogP) is 1.90. The fourth-order valence-corrected chi connectivity index (χ4v) is 1.47. The molecule has 0 aliphatic heterocycles. The number of nitrogens with one attached hydrogen (secondary N) is 1. The van der Waals surface area contributed by atoms with Gasteiger partial charge < -0.3 is 16.8 Å². The maximum absolute atomic E-state index is 5.70. The van der Waals surface area contributed by atoms with E-state index in [1.165, 1.54) is 0 Å². The summed E-state index contributed by atoms with van der Waals surface area (Å²) in [5.74, 6) is 1.49. The zero-order valence-electron chi connectivity index (χ0n) is 10.4. The average molecular weight is 244 g/mol. The van der Waals surface area contributed by atoms with Crippen LogP contribution < -0.4 is 16.8 Å². The second-order valence-electron chi connectivity index (χ2n) is 4.28. The van der Waals surface area contributed by atoms with Gasteiger partial charge in [0.05, 0.1) is 0 Å². The second-order valence-corrected chi connectivity index (χ2v) is 4.28. The molecule has 6 heteroatoms. The summed E-state index contributed by atoms with van der Waals surface area (Å²) in [6.07, 6.45) is 0. The lowest BCUT2D eigenvalue weighted by molar-refractivity contribution is 0.767. The molecule has 94 valence electrons. The molecule has 6 nitrogen and oxygen atoms in total. The summed E-state index contributed by atoms with van der Waals surface area (Å²) in [4.78, 5) is 12.4. The van der Waals surface area contributed by atoms with Crippen LogP contribution in [0.5, 0.6) is 0 Å². The van der Waals surface area contributed by atoms with Gasteiger partial charge in [-0.3, -0.25) is 0 Å². The van der Waals surface area contributed by atoms with Crippen molar-refractivity contribution >= 4 is 23.3 Å². The van der Waals surface area contributed by atoms with E-state index in [-0.39, 0.29) is 11.9 Å². The minimum Gasteiger partial charge on any atom is -0.399 e. The predicted molar refractivity (Wildman–Crippen MR) is 72.5 cm³/mol. The van der Waals surface area contributed by atoms with Gasteiger partial charge in [0.2, 0.25) is 11.9 Å². The van der Waals surface area contributed by atoms with E-state index in [4.69, 9.17) is 11.5 Å². The van der Waals surface area contributed by atoms with Crippen LogP contribution in [0.2, 0.25) is 0 Å². The van der Waals surface area contributed by atoms with Crippen molar-refractivity contribution in [2.45, 2.75) is 19.8 Å². The number of anilines is 4. The van der Waals surface area contributed by atoms with Gasteiger partial charge in [0.1, 0.15) is 5.82 Å². The molecule has 0 aliphatic carbocycles. The van der Waals surface area contributed by atoms with Gasteiger partial charge in [0.15, 0.2) is 0 Å². The SMILES string of the molecule is CC(C)c1nc(N)nc(Nc2cccc(N)c2)n1. The Morgan fingerprint density at radius 3 is 2.56 bits per heavy atom. The highest BCUT2D eigenvalue weighted by Gasteiger charge is 2.08. The number of rotatable bonds is 3. The van der Waals surface area contributed by atoms with Crippen molar-refractivity contribution in [2.24, 2.45) is 0 Å². The standard InChI is InChI=1S/C12H16N6/c1-7(2)10-16-11(14)18-12(17-10)15-9-5-3-4-8(13)6-9/h3-7H,13H2,1-2H3,(H3,14,15,16,17,18). The van der Waals surface area contributed by atoms with Gasteiger partial charge in [-0.2, -0.15) is 15.0 Å². The normalized spacial score (nSPS) is 10.6. The first-order valence-corrected chi connectivity index (χ1v) is 5.68. The highest BCUT2D eigenvalue weighted by molar-refractivity contribution is 5.59. The van der Waals surface area contributed by atoms with E-state index < -0.39 is 0 Å². The first kappa shape index (κ1) is 12.1. The van der Waals surface area contributed by atoms with Crippen LogP contribution in [0.3, 0.4) is 0 Å². The Labute approximate surface area is 105 Å². The first-order chi connectivity index (χ1) is 8.54.